The van der Waals surface area contributed by atoms with Crippen molar-refractivity contribution in [2.75, 3.05) is 25.7 Å². The summed E-state index contributed by atoms with van der Waals surface area (Å²) in [7, 11) is 3.18. The molecular formula is C19H22N4O3. The zero-order valence-corrected chi connectivity index (χ0v) is 14.9. The van der Waals surface area contributed by atoms with E-state index in [4.69, 9.17) is 20.9 Å². The van der Waals surface area contributed by atoms with Crippen LogP contribution in [0.5, 0.6) is 11.5 Å². The largest absolute Gasteiger partial charge is 0.493 e. The number of nitrogens with two attached hydrogens (primary N) is 2. The van der Waals surface area contributed by atoms with Crippen molar-refractivity contribution < 1.29 is 14.3 Å². The molecule has 1 amide bonds. The standard InChI is InChI=1S/C19H22N4O3/c1-25-16-8-6-12(10-17(16)26-2)15-7-9-18(24)23(22-15)11-13-4-3-5-14(20)19(13)21/h3-6,8,10H,7,9,11,20-21H2,1-2H3. The van der Waals surface area contributed by atoms with Crippen molar-refractivity contribution in [1.29, 1.82) is 0 Å². The fourth-order valence-corrected chi connectivity index (χ4v) is 2.88. The number of rotatable bonds is 5. The SMILES string of the molecule is COc1ccc(C2=NN(Cc3cccc(N)c3N)C(=O)CC2)cc1OC. The molecule has 0 aliphatic carbocycles. The molecule has 0 spiro atoms. The number of nitrogens with zero attached hydrogens (tertiary/aromatic N) is 2. The maximum Gasteiger partial charge on any atom is 0.243 e. The third-order valence-corrected chi connectivity index (χ3v) is 4.37. The van der Waals surface area contributed by atoms with E-state index in [-0.39, 0.29) is 12.5 Å². The Balaban J connectivity index is 1.90. The third kappa shape index (κ3) is 3.42. The van der Waals surface area contributed by atoms with Gasteiger partial charge in [0, 0.05) is 18.4 Å². The molecule has 3 rings (SSSR count). The topological polar surface area (TPSA) is 103 Å². The summed E-state index contributed by atoms with van der Waals surface area (Å²) in [5.41, 5.74) is 15.3. The highest BCUT2D eigenvalue weighted by molar-refractivity contribution is 6.04. The Morgan fingerprint density at radius 1 is 1.08 bits per heavy atom. The molecule has 1 aliphatic heterocycles. The molecule has 0 radical (unpaired) electrons. The second kappa shape index (κ2) is 7.35. The molecule has 1 aliphatic rings. The Morgan fingerprint density at radius 2 is 1.85 bits per heavy atom. The number of para-hydroxylation sites is 1. The van der Waals surface area contributed by atoms with Crippen molar-refractivity contribution in [1.82, 2.24) is 5.01 Å². The molecule has 0 aromatic heterocycles. The van der Waals surface area contributed by atoms with Crippen molar-refractivity contribution in [3.8, 4) is 11.5 Å². The lowest BCUT2D eigenvalue weighted by Crippen LogP contribution is -2.31. The minimum atomic E-state index is -0.0453. The Kier molecular flexibility index (Phi) is 4.97. The quantitative estimate of drug-likeness (QED) is 0.803. The van der Waals surface area contributed by atoms with E-state index in [1.165, 1.54) is 5.01 Å². The highest BCUT2D eigenvalue weighted by Crippen LogP contribution is 2.29. The van der Waals surface area contributed by atoms with E-state index in [0.29, 0.717) is 35.7 Å². The van der Waals surface area contributed by atoms with E-state index < -0.39 is 0 Å². The number of hydrazone groups is 1. The average molecular weight is 354 g/mol. The second-order valence-electron chi connectivity index (χ2n) is 5.99. The smallest absolute Gasteiger partial charge is 0.243 e. The van der Waals surface area contributed by atoms with Gasteiger partial charge in [-0.1, -0.05) is 12.1 Å². The lowest BCUT2D eigenvalue weighted by atomic mass is 10.0. The number of methoxy groups -OCH3 is 2. The molecule has 2 aromatic carbocycles. The van der Waals surface area contributed by atoms with Crippen LogP contribution in [0.2, 0.25) is 0 Å². The van der Waals surface area contributed by atoms with Gasteiger partial charge in [-0.3, -0.25) is 4.79 Å². The fourth-order valence-electron chi connectivity index (χ4n) is 2.88. The first-order valence-corrected chi connectivity index (χ1v) is 8.26. The van der Waals surface area contributed by atoms with Crippen LogP contribution in [-0.4, -0.2) is 30.8 Å². The van der Waals surface area contributed by atoms with Gasteiger partial charge in [-0.15, -0.1) is 0 Å². The molecule has 136 valence electrons. The van der Waals surface area contributed by atoms with Gasteiger partial charge in [0.15, 0.2) is 11.5 Å². The number of anilines is 2. The molecular weight excluding hydrogens is 332 g/mol. The van der Waals surface area contributed by atoms with Crippen molar-refractivity contribution >= 4 is 23.0 Å². The first-order chi connectivity index (χ1) is 12.5. The Labute approximate surface area is 152 Å². The molecule has 4 N–H and O–H groups in total. The van der Waals surface area contributed by atoms with Crippen LogP contribution in [-0.2, 0) is 11.3 Å². The van der Waals surface area contributed by atoms with Crippen LogP contribution in [0.15, 0.2) is 41.5 Å². The first kappa shape index (κ1) is 17.6. The number of amides is 1. The van der Waals surface area contributed by atoms with Crippen LogP contribution in [0.1, 0.15) is 24.0 Å². The summed E-state index contributed by atoms with van der Waals surface area (Å²) in [5.74, 6) is 1.22. The zero-order chi connectivity index (χ0) is 18.7. The maximum atomic E-state index is 12.3. The maximum absolute atomic E-state index is 12.3. The summed E-state index contributed by atoms with van der Waals surface area (Å²) in [6, 6.07) is 11.0. The summed E-state index contributed by atoms with van der Waals surface area (Å²) < 4.78 is 10.6. The van der Waals surface area contributed by atoms with Gasteiger partial charge >= 0.3 is 0 Å². The lowest BCUT2D eigenvalue weighted by Gasteiger charge is -2.24. The van der Waals surface area contributed by atoms with Gasteiger partial charge in [-0.2, -0.15) is 5.10 Å². The summed E-state index contributed by atoms with van der Waals surface area (Å²) in [4.78, 5) is 12.3. The Morgan fingerprint density at radius 3 is 2.58 bits per heavy atom. The second-order valence-corrected chi connectivity index (χ2v) is 5.99. The lowest BCUT2D eigenvalue weighted by molar-refractivity contribution is -0.132. The molecule has 0 atom stereocenters. The van der Waals surface area contributed by atoms with Crippen LogP contribution in [0.25, 0.3) is 0 Å². The van der Waals surface area contributed by atoms with E-state index in [2.05, 4.69) is 5.10 Å². The van der Waals surface area contributed by atoms with E-state index in [1.807, 2.05) is 30.3 Å². The number of hydrogen-bond acceptors (Lipinski definition) is 6. The first-order valence-electron chi connectivity index (χ1n) is 8.26. The van der Waals surface area contributed by atoms with E-state index >= 15 is 0 Å². The predicted octanol–water partition coefficient (Wildman–Crippen LogP) is 2.39. The van der Waals surface area contributed by atoms with Gasteiger partial charge in [-0.25, -0.2) is 5.01 Å². The molecule has 26 heavy (non-hydrogen) atoms. The minimum absolute atomic E-state index is 0.0453. The van der Waals surface area contributed by atoms with Gasteiger partial charge in [0.1, 0.15) is 0 Å². The Bertz CT molecular complexity index is 864. The number of carbonyl (C=O) groups is 1. The summed E-state index contributed by atoms with van der Waals surface area (Å²) >= 11 is 0. The number of ether oxygens (including phenoxy) is 2. The minimum Gasteiger partial charge on any atom is -0.493 e. The van der Waals surface area contributed by atoms with Crippen LogP contribution < -0.4 is 20.9 Å². The van der Waals surface area contributed by atoms with Gasteiger partial charge in [-0.05, 0) is 29.8 Å². The van der Waals surface area contributed by atoms with Gasteiger partial charge in [0.25, 0.3) is 0 Å². The van der Waals surface area contributed by atoms with Crippen molar-refractivity contribution in [3.63, 3.8) is 0 Å². The molecule has 0 fully saturated rings. The molecule has 0 saturated carbocycles. The number of hydrogen-bond donors (Lipinski definition) is 2. The van der Waals surface area contributed by atoms with Crippen LogP contribution >= 0.6 is 0 Å². The fraction of sp³-hybridized carbons (Fsp3) is 0.263. The summed E-state index contributed by atoms with van der Waals surface area (Å²) in [6.45, 7) is 0.284. The molecule has 0 saturated heterocycles. The van der Waals surface area contributed by atoms with Gasteiger partial charge in [0.05, 0.1) is 37.9 Å². The summed E-state index contributed by atoms with van der Waals surface area (Å²) in [5, 5.41) is 5.98. The van der Waals surface area contributed by atoms with Crippen molar-refractivity contribution in [3.05, 3.63) is 47.5 Å². The predicted molar refractivity (Wildman–Crippen MR) is 101 cm³/mol. The normalized spacial score (nSPS) is 14.2. The van der Waals surface area contributed by atoms with Crippen LogP contribution in [0.3, 0.4) is 0 Å². The highest BCUT2D eigenvalue weighted by atomic mass is 16.5. The molecule has 7 nitrogen and oxygen atoms in total. The van der Waals surface area contributed by atoms with Crippen LogP contribution in [0.4, 0.5) is 11.4 Å². The zero-order valence-electron chi connectivity index (χ0n) is 14.9. The van der Waals surface area contributed by atoms with Gasteiger partial charge in [0.2, 0.25) is 5.91 Å². The van der Waals surface area contributed by atoms with E-state index in [9.17, 15) is 4.79 Å². The monoisotopic (exact) mass is 354 g/mol. The van der Waals surface area contributed by atoms with Gasteiger partial charge < -0.3 is 20.9 Å². The average Bonchev–Trinajstić information content (AvgIpc) is 2.66. The van der Waals surface area contributed by atoms with Crippen molar-refractivity contribution in [2.45, 2.75) is 19.4 Å². The number of carbonyl (C=O) groups excluding carboxylic acids is 1. The molecule has 0 unspecified atom stereocenters. The van der Waals surface area contributed by atoms with Crippen LogP contribution in [0, 0.1) is 0 Å². The summed E-state index contributed by atoms with van der Waals surface area (Å²) in [6.07, 6.45) is 0.951. The molecule has 1 heterocycles. The van der Waals surface area contributed by atoms with E-state index in [0.717, 1.165) is 16.8 Å². The number of benzene rings is 2. The van der Waals surface area contributed by atoms with Crippen molar-refractivity contribution in [2.24, 2.45) is 5.10 Å². The molecule has 2 aromatic rings. The number of nitrogen functional groups attached to an aromatic ring is 2. The third-order valence-electron chi connectivity index (χ3n) is 4.37. The molecule has 0 bridgehead atoms. The van der Waals surface area contributed by atoms with E-state index in [1.54, 1.807) is 20.3 Å². The highest BCUT2D eigenvalue weighted by Gasteiger charge is 2.23. The molecule has 7 heteroatoms. The Hall–Kier alpha value is -3.22.